The number of thiophene rings is 1. The number of amides is 1. The Balaban J connectivity index is 1.49. The van der Waals surface area contributed by atoms with Crippen LogP contribution in [0.1, 0.15) is 34.9 Å². The van der Waals surface area contributed by atoms with Gasteiger partial charge in [-0.3, -0.25) is 9.59 Å². The highest BCUT2D eigenvalue weighted by molar-refractivity contribution is 7.08. The maximum atomic E-state index is 13.9. The van der Waals surface area contributed by atoms with Crippen molar-refractivity contribution >= 4 is 17.2 Å². The zero-order valence-electron chi connectivity index (χ0n) is 14.8. The van der Waals surface area contributed by atoms with Crippen LogP contribution in [-0.4, -0.2) is 33.9 Å². The third-order valence-electron chi connectivity index (χ3n) is 4.93. The van der Waals surface area contributed by atoms with Crippen LogP contribution in [0.4, 0.5) is 8.78 Å². The van der Waals surface area contributed by atoms with Crippen molar-refractivity contribution in [2.24, 2.45) is 0 Å². The standard InChI is InChI=1S/C20H17F2N3O2S/c21-15-3-1-2-14(18(15)22)20(27)25-7-4-12(5-8-25)19-23-16(10-17(26)24-19)13-6-9-28-11-13/h1-3,6,9-12H,4-5,7-8H2,(H,23,24,26). The van der Waals surface area contributed by atoms with Gasteiger partial charge in [-0.05, 0) is 36.4 Å². The maximum Gasteiger partial charge on any atom is 0.256 e. The van der Waals surface area contributed by atoms with Gasteiger partial charge in [0.1, 0.15) is 5.82 Å². The van der Waals surface area contributed by atoms with Gasteiger partial charge in [0, 0.05) is 36.0 Å². The fraction of sp³-hybridized carbons (Fsp3) is 0.250. The molecule has 1 fully saturated rings. The largest absolute Gasteiger partial charge is 0.339 e. The summed E-state index contributed by atoms with van der Waals surface area (Å²) in [6.07, 6.45) is 1.16. The molecule has 0 bridgehead atoms. The number of hydrogen-bond donors (Lipinski definition) is 1. The molecule has 0 saturated carbocycles. The molecule has 1 amide bonds. The smallest absolute Gasteiger partial charge is 0.256 e. The van der Waals surface area contributed by atoms with Crippen molar-refractivity contribution in [3.8, 4) is 11.3 Å². The Kier molecular flexibility index (Phi) is 5.04. The first kappa shape index (κ1) is 18.5. The van der Waals surface area contributed by atoms with Gasteiger partial charge in [0.2, 0.25) is 0 Å². The summed E-state index contributed by atoms with van der Waals surface area (Å²) >= 11 is 1.53. The van der Waals surface area contributed by atoms with E-state index in [0.717, 1.165) is 11.6 Å². The van der Waals surface area contributed by atoms with E-state index in [1.54, 1.807) is 0 Å². The molecule has 1 saturated heterocycles. The van der Waals surface area contributed by atoms with E-state index in [1.165, 1.54) is 34.4 Å². The molecule has 1 N–H and O–H groups in total. The highest BCUT2D eigenvalue weighted by atomic mass is 32.1. The third-order valence-corrected chi connectivity index (χ3v) is 5.61. The van der Waals surface area contributed by atoms with Gasteiger partial charge in [-0.15, -0.1) is 0 Å². The summed E-state index contributed by atoms with van der Waals surface area (Å²) in [4.78, 5) is 33.5. The van der Waals surface area contributed by atoms with Crippen LogP contribution in [0.2, 0.25) is 0 Å². The minimum absolute atomic E-state index is 0.00677. The van der Waals surface area contributed by atoms with E-state index in [1.807, 2.05) is 16.8 Å². The predicted molar refractivity (Wildman–Crippen MR) is 102 cm³/mol. The highest BCUT2D eigenvalue weighted by Gasteiger charge is 2.28. The fourth-order valence-electron chi connectivity index (χ4n) is 3.42. The second-order valence-electron chi connectivity index (χ2n) is 6.70. The number of hydrogen-bond acceptors (Lipinski definition) is 4. The van der Waals surface area contributed by atoms with E-state index in [-0.39, 0.29) is 17.0 Å². The zero-order valence-corrected chi connectivity index (χ0v) is 15.6. The van der Waals surface area contributed by atoms with Crippen LogP contribution in [0.25, 0.3) is 11.3 Å². The Morgan fingerprint density at radius 1 is 1.21 bits per heavy atom. The SMILES string of the molecule is O=C(c1cccc(F)c1F)N1CCC(c2nc(-c3ccsc3)cc(=O)[nH]2)CC1. The Labute approximate surface area is 163 Å². The van der Waals surface area contributed by atoms with Crippen LogP contribution in [0.5, 0.6) is 0 Å². The second kappa shape index (κ2) is 7.63. The number of H-pyrrole nitrogens is 1. The second-order valence-corrected chi connectivity index (χ2v) is 7.48. The summed E-state index contributed by atoms with van der Waals surface area (Å²) in [7, 11) is 0. The van der Waals surface area contributed by atoms with Gasteiger partial charge in [0.05, 0.1) is 11.3 Å². The number of aromatic nitrogens is 2. The Morgan fingerprint density at radius 3 is 2.71 bits per heavy atom. The van der Waals surface area contributed by atoms with Gasteiger partial charge in [0.25, 0.3) is 11.5 Å². The molecule has 0 radical (unpaired) electrons. The molecule has 1 aliphatic heterocycles. The first-order valence-electron chi connectivity index (χ1n) is 8.90. The van der Waals surface area contributed by atoms with E-state index in [4.69, 9.17) is 0 Å². The van der Waals surface area contributed by atoms with Gasteiger partial charge in [-0.1, -0.05) is 6.07 Å². The molecule has 2 aromatic heterocycles. The molecule has 5 nitrogen and oxygen atoms in total. The minimum Gasteiger partial charge on any atom is -0.339 e. The average molecular weight is 401 g/mol. The van der Waals surface area contributed by atoms with E-state index < -0.39 is 17.5 Å². The molecule has 28 heavy (non-hydrogen) atoms. The van der Waals surface area contributed by atoms with Crippen LogP contribution in [0.15, 0.2) is 45.9 Å². The quantitative estimate of drug-likeness (QED) is 0.726. The molecule has 0 spiro atoms. The lowest BCUT2D eigenvalue weighted by Gasteiger charge is -2.31. The Hall–Kier alpha value is -2.87. The molecule has 0 unspecified atom stereocenters. The molecule has 1 aromatic carbocycles. The van der Waals surface area contributed by atoms with Gasteiger partial charge in [0.15, 0.2) is 11.6 Å². The number of aromatic amines is 1. The van der Waals surface area contributed by atoms with Gasteiger partial charge >= 0.3 is 0 Å². The monoisotopic (exact) mass is 401 g/mol. The molecule has 8 heteroatoms. The normalized spacial score (nSPS) is 15.0. The summed E-state index contributed by atoms with van der Waals surface area (Å²) in [5, 5.41) is 3.86. The molecule has 144 valence electrons. The van der Waals surface area contributed by atoms with Crippen molar-refractivity contribution in [1.82, 2.24) is 14.9 Å². The van der Waals surface area contributed by atoms with Crippen LogP contribution in [-0.2, 0) is 0 Å². The van der Waals surface area contributed by atoms with E-state index in [9.17, 15) is 18.4 Å². The summed E-state index contributed by atoms with van der Waals surface area (Å²) in [6, 6.07) is 6.97. The predicted octanol–water partition coefficient (Wildman–Crippen LogP) is 3.80. The number of nitrogens with zero attached hydrogens (tertiary/aromatic N) is 2. The van der Waals surface area contributed by atoms with Crippen LogP contribution in [0.3, 0.4) is 0 Å². The van der Waals surface area contributed by atoms with Crippen LogP contribution < -0.4 is 5.56 Å². The number of halogens is 2. The summed E-state index contributed by atoms with van der Waals surface area (Å²) < 4.78 is 27.3. The Morgan fingerprint density at radius 2 is 2.00 bits per heavy atom. The van der Waals surface area contributed by atoms with Crippen LogP contribution >= 0.6 is 11.3 Å². The van der Waals surface area contributed by atoms with Crippen molar-refractivity contribution in [2.45, 2.75) is 18.8 Å². The number of piperidine rings is 1. The van der Waals surface area contributed by atoms with Crippen LogP contribution in [0, 0.1) is 11.6 Å². The highest BCUT2D eigenvalue weighted by Crippen LogP contribution is 2.28. The number of carbonyl (C=O) groups is 1. The van der Waals surface area contributed by atoms with Crippen molar-refractivity contribution < 1.29 is 13.6 Å². The number of benzene rings is 1. The van der Waals surface area contributed by atoms with Crippen molar-refractivity contribution in [2.75, 3.05) is 13.1 Å². The van der Waals surface area contributed by atoms with Crippen molar-refractivity contribution in [3.05, 3.63) is 74.5 Å². The lowest BCUT2D eigenvalue weighted by molar-refractivity contribution is 0.0705. The number of carbonyl (C=O) groups excluding carboxylic acids is 1. The van der Waals surface area contributed by atoms with Crippen molar-refractivity contribution in [1.29, 1.82) is 0 Å². The zero-order chi connectivity index (χ0) is 19.7. The maximum absolute atomic E-state index is 13.9. The lowest BCUT2D eigenvalue weighted by Crippen LogP contribution is -2.39. The molecule has 3 aromatic rings. The Bertz CT molecular complexity index is 1060. The van der Waals surface area contributed by atoms with E-state index >= 15 is 0 Å². The molecule has 4 rings (SSSR count). The summed E-state index contributed by atoms with van der Waals surface area (Å²) in [6.45, 7) is 0.762. The first-order valence-corrected chi connectivity index (χ1v) is 9.84. The molecular weight excluding hydrogens is 384 g/mol. The van der Waals surface area contributed by atoms with Gasteiger partial charge < -0.3 is 9.88 Å². The average Bonchev–Trinajstić information content (AvgIpc) is 3.24. The lowest BCUT2D eigenvalue weighted by atomic mass is 9.95. The number of nitrogens with one attached hydrogen (secondary N) is 1. The topological polar surface area (TPSA) is 66.1 Å². The summed E-state index contributed by atoms with van der Waals surface area (Å²) in [5.74, 6) is -2.09. The molecule has 0 atom stereocenters. The molecule has 3 heterocycles. The van der Waals surface area contributed by atoms with Gasteiger partial charge in [-0.2, -0.15) is 11.3 Å². The van der Waals surface area contributed by atoms with E-state index in [2.05, 4.69) is 9.97 Å². The molecular formula is C20H17F2N3O2S. The molecule has 0 aliphatic carbocycles. The molecule has 1 aliphatic rings. The van der Waals surface area contributed by atoms with Crippen molar-refractivity contribution in [3.63, 3.8) is 0 Å². The summed E-state index contributed by atoms with van der Waals surface area (Å²) in [5.41, 5.74) is 1.04. The fourth-order valence-corrected chi connectivity index (χ4v) is 4.07. The minimum atomic E-state index is -1.12. The number of rotatable bonds is 3. The first-order chi connectivity index (χ1) is 13.5. The third kappa shape index (κ3) is 3.60. The van der Waals surface area contributed by atoms with E-state index in [0.29, 0.717) is 37.4 Å². The van der Waals surface area contributed by atoms with Gasteiger partial charge in [-0.25, -0.2) is 13.8 Å². The number of likely N-dealkylation sites (tertiary alicyclic amines) is 1.